The number of hydrogen-bond donors (Lipinski definition) is 0. The van der Waals surface area contributed by atoms with Gasteiger partial charge in [-0.25, -0.2) is 4.79 Å². The second-order valence-corrected chi connectivity index (χ2v) is 4.19. The fourth-order valence-corrected chi connectivity index (χ4v) is 1.79. The molecule has 0 unspecified atom stereocenters. The lowest BCUT2D eigenvalue weighted by Gasteiger charge is -2.03. The fraction of sp³-hybridized carbons (Fsp3) is 0.0833. The van der Waals surface area contributed by atoms with Gasteiger partial charge in [-0.15, -0.1) is 0 Å². The van der Waals surface area contributed by atoms with Crippen LogP contribution in [0.25, 0.3) is 0 Å². The van der Waals surface area contributed by atoms with E-state index in [0.717, 1.165) is 0 Å². The highest BCUT2D eigenvalue weighted by atomic mass is 35.5. The highest BCUT2D eigenvalue weighted by Gasteiger charge is 2.12. The SMILES string of the molecule is COC(=O)c1ccc(Oc2cc(Cl)cc(Cl)c2)o1. The summed E-state index contributed by atoms with van der Waals surface area (Å²) in [6.07, 6.45) is 0. The number of benzene rings is 1. The quantitative estimate of drug-likeness (QED) is 0.795. The van der Waals surface area contributed by atoms with Crippen molar-refractivity contribution in [1.82, 2.24) is 0 Å². The Labute approximate surface area is 113 Å². The van der Waals surface area contributed by atoms with Crippen LogP contribution in [0.1, 0.15) is 10.6 Å². The molecule has 0 fully saturated rings. The second-order valence-electron chi connectivity index (χ2n) is 3.32. The van der Waals surface area contributed by atoms with Gasteiger partial charge in [-0.05, 0) is 24.3 Å². The van der Waals surface area contributed by atoms with Crippen molar-refractivity contribution in [1.29, 1.82) is 0 Å². The molecule has 18 heavy (non-hydrogen) atoms. The maximum Gasteiger partial charge on any atom is 0.374 e. The van der Waals surface area contributed by atoms with Crippen LogP contribution in [-0.4, -0.2) is 13.1 Å². The molecule has 0 aliphatic heterocycles. The van der Waals surface area contributed by atoms with Crippen LogP contribution >= 0.6 is 23.2 Å². The van der Waals surface area contributed by atoms with E-state index < -0.39 is 5.97 Å². The standard InChI is InChI=1S/C12H8Cl2O4/c1-16-12(15)10-2-3-11(18-10)17-9-5-7(13)4-8(14)6-9/h2-6H,1H3. The van der Waals surface area contributed by atoms with Gasteiger partial charge in [-0.1, -0.05) is 23.2 Å². The third-order valence-corrected chi connectivity index (χ3v) is 2.46. The van der Waals surface area contributed by atoms with Gasteiger partial charge in [-0.2, -0.15) is 0 Å². The highest BCUT2D eigenvalue weighted by molar-refractivity contribution is 6.34. The van der Waals surface area contributed by atoms with Crippen LogP contribution < -0.4 is 4.74 Å². The maximum absolute atomic E-state index is 11.2. The van der Waals surface area contributed by atoms with Gasteiger partial charge in [0.1, 0.15) is 5.75 Å². The van der Waals surface area contributed by atoms with Crippen molar-refractivity contribution < 1.29 is 18.7 Å². The third kappa shape index (κ3) is 2.97. The molecule has 4 nitrogen and oxygen atoms in total. The highest BCUT2D eigenvalue weighted by Crippen LogP contribution is 2.29. The van der Waals surface area contributed by atoms with Crippen LogP contribution in [-0.2, 0) is 4.74 Å². The smallest absolute Gasteiger partial charge is 0.374 e. The number of esters is 1. The van der Waals surface area contributed by atoms with Crippen molar-refractivity contribution in [3.05, 3.63) is 46.1 Å². The van der Waals surface area contributed by atoms with E-state index in [-0.39, 0.29) is 11.7 Å². The van der Waals surface area contributed by atoms with Gasteiger partial charge >= 0.3 is 5.97 Å². The summed E-state index contributed by atoms with van der Waals surface area (Å²) < 4.78 is 15.0. The van der Waals surface area contributed by atoms with Gasteiger partial charge in [0.15, 0.2) is 0 Å². The van der Waals surface area contributed by atoms with E-state index >= 15 is 0 Å². The topological polar surface area (TPSA) is 48.7 Å². The molecule has 1 heterocycles. The van der Waals surface area contributed by atoms with Crippen LogP contribution in [0.2, 0.25) is 10.0 Å². The number of rotatable bonds is 3. The molecule has 0 spiro atoms. The molecule has 0 aliphatic carbocycles. The molecule has 2 aromatic rings. The van der Waals surface area contributed by atoms with Crippen LogP contribution in [0.4, 0.5) is 0 Å². The van der Waals surface area contributed by atoms with Crippen LogP contribution in [0.15, 0.2) is 34.7 Å². The lowest BCUT2D eigenvalue weighted by atomic mass is 10.3. The minimum absolute atomic E-state index is 0.0561. The Morgan fingerprint density at radius 1 is 1.17 bits per heavy atom. The zero-order valence-electron chi connectivity index (χ0n) is 9.28. The molecule has 0 aliphatic rings. The van der Waals surface area contributed by atoms with Crippen molar-refractivity contribution in [2.45, 2.75) is 0 Å². The summed E-state index contributed by atoms with van der Waals surface area (Å²) in [4.78, 5) is 11.2. The Balaban J connectivity index is 2.18. The molecule has 94 valence electrons. The van der Waals surface area contributed by atoms with Gasteiger partial charge < -0.3 is 13.9 Å². The number of hydrogen-bond acceptors (Lipinski definition) is 4. The number of methoxy groups -OCH3 is 1. The van der Waals surface area contributed by atoms with Crippen LogP contribution in [0.5, 0.6) is 11.7 Å². The molecule has 2 rings (SSSR count). The van der Waals surface area contributed by atoms with E-state index in [4.69, 9.17) is 32.4 Å². The zero-order chi connectivity index (χ0) is 13.1. The molecule has 0 saturated heterocycles. The summed E-state index contributed by atoms with van der Waals surface area (Å²) in [5.74, 6) is 0.0431. The lowest BCUT2D eigenvalue weighted by molar-refractivity contribution is 0.0560. The Bertz CT molecular complexity index is 557. The summed E-state index contributed by atoms with van der Waals surface area (Å²) in [5.41, 5.74) is 0. The number of carbonyl (C=O) groups excluding carboxylic acids is 1. The molecule has 0 radical (unpaired) electrons. The maximum atomic E-state index is 11.2. The van der Waals surface area contributed by atoms with E-state index in [0.29, 0.717) is 15.8 Å². The summed E-state index contributed by atoms with van der Waals surface area (Å²) >= 11 is 11.7. The molecular formula is C12H8Cl2O4. The summed E-state index contributed by atoms with van der Waals surface area (Å²) in [6.45, 7) is 0. The Morgan fingerprint density at radius 3 is 2.44 bits per heavy atom. The first-order chi connectivity index (χ1) is 8.58. The summed E-state index contributed by atoms with van der Waals surface area (Å²) in [6, 6.07) is 7.69. The molecule has 0 atom stereocenters. The monoisotopic (exact) mass is 286 g/mol. The number of furan rings is 1. The molecule has 0 N–H and O–H groups in total. The summed E-state index contributed by atoms with van der Waals surface area (Å²) in [7, 11) is 1.27. The Kier molecular flexibility index (Phi) is 3.79. The van der Waals surface area contributed by atoms with Crippen molar-refractivity contribution in [2.24, 2.45) is 0 Å². The van der Waals surface area contributed by atoms with E-state index in [1.165, 1.54) is 19.2 Å². The van der Waals surface area contributed by atoms with E-state index in [1.807, 2.05) is 0 Å². The van der Waals surface area contributed by atoms with Gasteiger partial charge in [0.05, 0.1) is 7.11 Å². The van der Waals surface area contributed by atoms with Gasteiger partial charge in [0.2, 0.25) is 5.76 Å². The number of halogens is 2. The largest absolute Gasteiger partial charge is 0.463 e. The third-order valence-electron chi connectivity index (χ3n) is 2.02. The van der Waals surface area contributed by atoms with Crippen molar-refractivity contribution >= 4 is 29.2 Å². The minimum Gasteiger partial charge on any atom is -0.463 e. The molecule has 0 amide bonds. The molecule has 1 aromatic heterocycles. The summed E-state index contributed by atoms with van der Waals surface area (Å²) in [5, 5.41) is 0.884. The van der Waals surface area contributed by atoms with Crippen molar-refractivity contribution in [3.8, 4) is 11.7 Å². The predicted molar refractivity (Wildman–Crippen MR) is 66.6 cm³/mol. The van der Waals surface area contributed by atoms with Crippen LogP contribution in [0, 0.1) is 0 Å². The van der Waals surface area contributed by atoms with Crippen molar-refractivity contribution in [2.75, 3.05) is 7.11 Å². The molecule has 6 heteroatoms. The van der Waals surface area contributed by atoms with Gasteiger partial charge in [-0.3, -0.25) is 0 Å². The van der Waals surface area contributed by atoms with E-state index in [9.17, 15) is 4.79 Å². The average molecular weight is 287 g/mol. The molecular weight excluding hydrogens is 279 g/mol. The average Bonchev–Trinajstić information content (AvgIpc) is 2.75. The first-order valence-corrected chi connectivity index (χ1v) is 5.66. The molecule has 0 bridgehead atoms. The van der Waals surface area contributed by atoms with Crippen molar-refractivity contribution in [3.63, 3.8) is 0 Å². The Morgan fingerprint density at radius 2 is 1.83 bits per heavy atom. The minimum atomic E-state index is -0.575. The Hall–Kier alpha value is -1.65. The number of carbonyl (C=O) groups is 1. The number of ether oxygens (including phenoxy) is 2. The van der Waals surface area contributed by atoms with E-state index in [1.54, 1.807) is 18.2 Å². The van der Waals surface area contributed by atoms with Gasteiger partial charge in [0, 0.05) is 16.1 Å². The zero-order valence-corrected chi connectivity index (χ0v) is 10.8. The first-order valence-electron chi connectivity index (χ1n) is 4.90. The normalized spacial score (nSPS) is 10.2. The fourth-order valence-electron chi connectivity index (χ4n) is 1.29. The van der Waals surface area contributed by atoms with Crippen LogP contribution in [0.3, 0.4) is 0 Å². The lowest BCUT2D eigenvalue weighted by Crippen LogP contribution is -1.98. The molecule has 0 saturated carbocycles. The predicted octanol–water partition coefficient (Wildman–Crippen LogP) is 4.17. The van der Waals surface area contributed by atoms with E-state index in [2.05, 4.69) is 4.74 Å². The van der Waals surface area contributed by atoms with Gasteiger partial charge in [0.25, 0.3) is 5.95 Å². The second kappa shape index (κ2) is 5.33. The molecule has 1 aromatic carbocycles. The first kappa shape index (κ1) is 12.8.